The fourth-order valence-corrected chi connectivity index (χ4v) is 0.605. The van der Waals surface area contributed by atoms with Crippen molar-refractivity contribution >= 4 is 11.4 Å². The molecule has 1 aromatic carbocycles. The van der Waals surface area contributed by atoms with Crippen LogP contribution in [0.1, 0.15) is 0 Å². The normalized spacial score (nSPS) is 9.00. The number of benzene rings is 1. The van der Waals surface area contributed by atoms with Crippen molar-refractivity contribution in [2.24, 2.45) is 5.84 Å². The standard InChI is InChI=1S/C6H8N3/c7-5-3-1-2-4-6(5)9-8/h1-4H,7-8H2. The number of nitrogen functional groups attached to an aromatic ring is 1. The summed E-state index contributed by atoms with van der Waals surface area (Å²) in [7, 11) is 0. The molecule has 3 nitrogen and oxygen atoms in total. The van der Waals surface area contributed by atoms with E-state index in [4.69, 9.17) is 11.6 Å². The Morgan fingerprint density at radius 2 is 1.89 bits per heavy atom. The van der Waals surface area contributed by atoms with Crippen molar-refractivity contribution in [3.05, 3.63) is 24.3 Å². The van der Waals surface area contributed by atoms with Gasteiger partial charge in [-0.15, -0.1) is 0 Å². The lowest BCUT2D eigenvalue weighted by atomic mass is 10.3. The Bertz CT molecular complexity index is 197. The first-order chi connectivity index (χ1) is 4.34. The van der Waals surface area contributed by atoms with E-state index in [1.807, 2.05) is 12.1 Å². The molecule has 0 aromatic heterocycles. The van der Waals surface area contributed by atoms with E-state index in [-0.39, 0.29) is 0 Å². The molecule has 0 amide bonds. The average Bonchev–Trinajstić information content (AvgIpc) is 1.89. The maximum absolute atomic E-state index is 5.46. The average molecular weight is 122 g/mol. The third-order valence-corrected chi connectivity index (χ3v) is 1.08. The van der Waals surface area contributed by atoms with Gasteiger partial charge in [0.05, 0.1) is 11.4 Å². The maximum atomic E-state index is 5.46. The van der Waals surface area contributed by atoms with Crippen LogP contribution in [0.25, 0.3) is 0 Å². The molecule has 0 atom stereocenters. The molecule has 9 heavy (non-hydrogen) atoms. The third-order valence-electron chi connectivity index (χ3n) is 1.08. The minimum Gasteiger partial charge on any atom is -0.397 e. The third kappa shape index (κ3) is 1.12. The molecule has 1 rings (SSSR count). The fraction of sp³-hybridized carbons (Fsp3) is 0. The highest BCUT2D eigenvalue weighted by molar-refractivity contribution is 5.60. The summed E-state index contributed by atoms with van der Waals surface area (Å²) < 4.78 is 0. The van der Waals surface area contributed by atoms with Gasteiger partial charge < -0.3 is 5.73 Å². The minimum absolute atomic E-state index is 0.611. The van der Waals surface area contributed by atoms with E-state index in [9.17, 15) is 0 Å². The zero-order valence-corrected chi connectivity index (χ0v) is 4.91. The number of anilines is 1. The summed E-state index contributed by atoms with van der Waals surface area (Å²) in [6.45, 7) is 0. The van der Waals surface area contributed by atoms with Gasteiger partial charge in [0.25, 0.3) is 0 Å². The summed E-state index contributed by atoms with van der Waals surface area (Å²) in [6.07, 6.45) is 0. The Balaban J connectivity index is 3.01. The van der Waals surface area contributed by atoms with Crippen LogP contribution in [0.15, 0.2) is 24.3 Å². The van der Waals surface area contributed by atoms with Crippen LogP contribution in [0.2, 0.25) is 0 Å². The first-order valence-electron chi connectivity index (χ1n) is 2.60. The van der Waals surface area contributed by atoms with E-state index in [2.05, 4.69) is 5.43 Å². The summed E-state index contributed by atoms with van der Waals surface area (Å²) in [4.78, 5) is 0. The van der Waals surface area contributed by atoms with Gasteiger partial charge in [0.15, 0.2) is 0 Å². The van der Waals surface area contributed by atoms with Gasteiger partial charge in [-0.05, 0) is 12.1 Å². The molecule has 0 bridgehead atoms. The fourth-order valence-electron chi connectivity index (χ4n) is 0.605. The van der Waals surface area contributed by atoms with E-state index in [1.54, 1.807) is 12.1 Å². The van der Waals surface area contributed by atoms with Crippen molar-refractivity contribution in [1.29, 1.82) is 0 Å². The van der Waals surface area contributed by atoms with Crippen molar-refractivity contribution in [1.82, 2.24) is 5.43 Å². The molecule has 0 aliphatic carbocycles. The molecule has 0 heterocycles. The summed E-state index contributed by atoms with van der Waals surface area (Å²) in [5.74, 6) is 5.00. The topological polar surface area (TPSA) is 66.1 Å². The predicted octanol–water partition coefficient (Wildman–Crippen LogP) is 0.378. The lowest BCUT2D eigenvalue weighted by Gasteiger charge is -1.97. The van der Waals surface area contributed by atoms with E-state index in [0.717, 1.165) is 0 Å². The van der Waals surface area contributed by atoms with E-state index in [0.29, 0.717) is 11.4 Å². The molecule has 0 aliphatic heterocycles. The first kappa shape index (κ1) is 5.91. The van der Waals surface area contributed by atoms with Crippen molar-refractivity contribution in [2.75, 3.05) is 5.73 Å². The second-order valence-electron chi connectivity index (χ2n) is 1.69. The molecule has 4 N–H and O–H groups in total. The Hall–Kier alpha value is -1.22. The molecule has 0 aliphatic rings. The maximum Gasteiger partial charge on any atom is 0.1000 e. The minimum atomic E-state index is 0.611. The van der Waals surface area contributed by atoms with Crippen molar-refractivity contribution in [2.45, 2.75) is 0 Å². The number of nitrogens with zero attached hydrogens (tertiary/aromatic N) is 1. The van der Waals surface area contributed by atoms with E-state index in [1.165, 1.54) is 0 Å². The largest absolute Gasteiger partial charge is 0.397 e. The molecule has 0 saturated carbocycles. The molecular weight excluding hydrogens is 114 g/mol. The molecule has 1 radical (unpaired) electrons. The number of nitrogens with two attached hydrogens (primary N) is 2. The summed E-state index contributed by atoms with van der Waals surface area (Å²) in [5.41, 5.74) is 10.2. The van der Waals surface area contributed by atoms with Gasteiger partial charge in [0.1, 0.15) is 0 Å². The highest BCUT2D eigenvalue weighted by Gasteiger charge is 1.92. The lowest BCUT2D eigenvalue weighted by Crippen LogP contribution is -2.07. The Kier molecular flexibility index (Phi) is 1.55. The second kappa shape index (κ2) is 2.37. The van der Waals surface area contributed by atoms with Gasteiger partial charge >= 0.3 is 0 Å². The van der Waals surface area contributed by atoms with Crippen LogP contribution in [0.5, 0.6) is 0 Å². The Morgan fingerprint density at radius 1 is 1.22 bits per heavy atom. The van der Waals surface area contributed by atoms with Crippen LogP contribution < -0.4 is 17.0 Å². The van der Waals surface area contributed by atoms with Crippen LogP contribution in [0, 0.1) is 0 Å². The van der Waals surface area contributed by atoms with Crippen molar-refractivity contribution in [3.8, 4) is 0 Å². The van der Waals surface area contributed by atoms with Gasteiger partial charge in [-0.25, -0.2) is 11.3 Å². The van der Waals surface area contributed by atoms with Crippen LogP contribution in [0.4, 0.5) is 11.4 Å². The Labute approximate surface area is 53.6 Å². The molecule has 0 saturated heterocycles. The summed E-state index contributed by atoms with van der Waals surface area (Å²) in [5, 5.41) is 0. The van der Waals surface area contributed by atoms with Crippen LogP contribution >= 0.6 is 0 Å². The number of para-hydroxylation sites is 1. The van der Waals surface area contributed by atoms with Crippen molar-refractivity contribution in [3.63, 3.8) is 0 Å². The molecule has 0 unspecified atom stereocenters. The first-order valence-corrected chi connectivity index (χ1v) is 2.60. The lowest BCUT2D eigenvalue weighted by molar-refractivity contribution is 0.962. The Morgan fingerprint density at radius 3 is 2.33 bits per heavy atom. The van der Waals surface area contributed by atoms with Gasteiger partial charge in [-0.3, -0.25) is 0 Å². The van der Waals surface area contributed by atoms with Gasteiger partial charge in [-0.1, -0.05) is 12.1 Å². The predicted molar refractivity (Wildman–Crippen MR) is 36.8 cm³/mol. The molecule has 1 aromatic rings. The SMILES string of the molecule is N[N]c1ccccc1N. The number of hydrogen-bond donors (Lipinski definition) is 2. The molecular formula is C6H8N3. The van der Waals surface area contributed by atoms with E-state index >= 15 is 0 Å². The van der Waals surface area contributed by atoms with Crippen molar-refractivity contribution < 1.29 is 0 Å². The summed E-state index contributed by atoms with van der Waals surface area (Å²) in [6, 6.07) is 7.19. The van der Waals surface area contributed by atoms with Gasteiger partial charge in [0, 0.05) is 0 Å². The molecule has 0 fully saturated rings. The van der Waals surface area contributed by atoms with Gasteiger partial charge in [0.2, 0.25) is 0 Å². The van der Waals surface area contributed by atoms with E-state index < -0.39 is 0 Å². The molecule has 47 valence electrons. The molecule has 0 spiro atoms. The molecule has 3 heteroatoms. The second-order valence-corrected chi connectivity index (χ2v) is 1.69. The smallest absolute Gasteiger partial charge is 0.1000 e. The monoisotopic (exact) mass is 122 g/mol. The number of hydrogen-bond acceptors (Lipinski definition) is 2. The zero-order chi connectivity index (χ0) is 6.69. The zero-order valence-electron chi connectivity index (χ0n) is 4.91. The van der Waals surface area contributed by atoms with Crippen LogP contribution in [-0.2, 0) is 0 Å². The summed E-state index contributed by atoms with van der Waals surface area (Å²) >= 11 is 0. The highest BCUT2D eigenvalue weighted by atomic mass is 15.2. The highest BCUT2D eigenvalue weighted by Crippen LogP contribution is 2.14. The van der Waals surface area contributed by atoms with Crippen LogP contribution in [-0.4, -0.2) is 0 Å². The van der Waals surface area contributed by atoms with Crippen LogP contribution in [0.3, 0.4) is 0 Å². The number of rotatable bonds is 1. The van der Waals surface area contributed by atoms with Gasteiger partial charge in [-0.2, -0.15) is 0 Å². The quantitative estimate of drug-likeness (QED) is 0.321.